The fourth-order valence-electron chi connectivity index (χ4n) is 1.75. The third-order valence-electron chi connectivity index (χ3n) is 3.00. The summed E-state index contributed by atoms with van der Waals surface area (Å²) >= 11 is 9.35. The van der Waals surface area contributed by atoms with E-state index in [1.54, 1.807) is 30.5 Å². The summed E-state index contributed by atoms with van der Waals surface area (Å²) in [4.78, 5) is 0.301. The van der Waals surface area contributed by atoms with E-state index in [-0.39, 0.29) is 17.7 Å². The maximum Gasteiger partial charge on any atom is 0.180 e. The molecule has 21 heavy (non-hydrogen) atoms. The van der Waals surface area contributed by atoms with Crippen molar-refractivity contribution in [3.05, 3.63) is 40.6 Å². The Hall–Kier alpha value is -0.920. The van der Waals surface area contributed by atoms with Crippen LogP contribution in [0.2, 0.25) is 0 Å². The summed E-state index contributed by atoms with van der Waals surface area (Å²) in [6, 6.07) is 6.58. The fourth-order valence-corrected chi connectivity index (χ4v) is 3.33. The molecular weight excluding hydrogens is 378 g/mol. The van der Waals surface area contributed by atoms with Gasteiger partial charge in [0.15, 0.2) is 9.84 Å². The molecule has 1 atom stereocenters. The zero-order valence-electron chi connectivity index (χ0n) is 11.4. The summed E-state index contributed by atoms with van der Waals surface area (Å²) in [5.41, 5.74) is 0.667. The van der Waals surface area contributed by atoms with E-state index in [2.05, 4.69) is 26.2 Å². The number of alkyl halides is 1. The molecule has 0 aliphatic carbocycles. The molecule has 5 nitrogen and oxygen atoms in total. The number of rotatable bonds is 6. The maximum absolute atomic E-state index is 12.2. The Balaban J connectivity index is 2.05. The van der Waals surface area contributed by atoms with Crippen molar-refractivity contribution in [3.8, 4) is 0 Å². The smallest absolute Gasteiger partial charge is 0.180 e. The third-order valence-corrected chi connectivity index (χ3v) is 5.77. The molecule has 1 aromatic heterocycles. The van der Waals surface area contributed by atoms with E-state index < -0.39 is 9.84 Å². The summed E-state index contributed by atoms with van der Waals surface area (Å²) in [7, 11) is -3.33. The lowest BCUT2D eigenvalue weighted by Gasteiger charge is -2.04. The lowest BCUT2D eigenvalue weighted by atomic mass is 10.3. The lowest BCUT2D eigenvalue weighted by molar-refractivity contribution is 0.575. The topological polar surface area (TPSA) is 64.8 Å². The normalized spacial score (nSPS) is 13.3. The molecule has 0 spiro atoms. The van der Waals surface area contributed by atoms with E-state index >= 15 is 0 Å². The fraction of sp³-hybridized carbons (Fsp3) is 0.385. The summed E-state index contributed by atoms with van der Waals surface area (Å²) < 4.78 is 26.8. The van der Waals surface area contributed by atoms with Crippen LogP contribution in [0, 0.1) is 0 Å². The van der Waals surface area contributed by atoms with Crippen LogP contribution in [0.15, 0.2) is 39.8 Å². The predicted molar refractivity (Wildman–Crippen MR) is 85.1 cm³/mol. The van der Waals surface area contributed by atoms with Crippen molar-refractivity contribution in [1.29, 1.82) is 0 Å². The van der Waals surface area contributed by atoms with E-state index in [0.717, 1.165) is 10.9 Å². The first-order valence-electron chi connectivity index (χ1n) is 6.45. The van der Waals surface area contributed by atoms with Crippen LogP contribution in [-0.4, -0.2) is 29.2 Å². The first-order valence-corrected chi connectivity index (χ1v) is 9.33. The van der Waals surface area contributed by atoms with Crippen LogP contribution in [-0.2, 0) is 16.4 Å². The van der Waals surface area contributed by atoms with E-state index in [0.29, 0.717) is 10.6 Å². The average Bonchev–Trinajstić information content (AvgIpc) is 2.94. The molecule has 2 aromatic rings. The van der Waals surface area contributed by atoms with Crippen molar-refractivity contribution in [3.63, 3.8) is 0 Å². The number of hydrogen-bond acceptors (Lipinski definition) is 4. The Morgan fingerprint density at radius 1 is 1.33 bits per heavy atom. The van der Waals surface area contributed by atoms with Crippen molar-refractivity contribution >= 4 is 37.4 Å². The van der Waals surface area contributed by atoms with Gasteiger partial charge in [0.05, 0.1) is 22.6 Å². The Labute approximate surface area is 137 Å². The van der Waals surface area contributed by atoms with Gasteiger partial charge in [-0.1, -0.05) is 28.1 Å². The van der Waals surface area contributed by atoms with Crippen LogP contribution >= 0.6 is 27.5 Å². The van der Waals surface area contributed by atoms with Gasteiger partial charge in [-0.3, -0.25) is 4.68 Å². The first-order chi connectivity index (χ1) is 9.92. The van der Waals surface area contributed by atoms with Crippen molar-refractivity contribution in [2.24, 2.45) is 0 Å². The molecule has 1 heterocycles. The summed E-state index contributed by atoms with van der Waals surface area (Å²) in [6.45, 7) is 2.20. The Bertz CT molecular complexity index is 700. The number of aryl methyl sites for hydroxylation is 1. The van der Waals surface area contributed by atoms with Gasteiger partial charge in [-0.2, -0.15) is 0 Å². The van der Waals surface area contributed by atoms with Crippen molar-refractivity contribution in [2.75, 3.05) is 5.75 Å². The molecule has 1 unspecified atom stereocenters. The number of aromatic nitrogens is 3. The molecule has 114 valence electrons. The first kappa shape index (κ1) is 16.5. The van der Waals surface area contributed by atoms with E-state index in [9.17, 15) is 8.42 Å². The minimum Gasteiger partial charge on any atom is -0.251 e. The standard InChI is InChI=1S/C13H15BrClN3O2S/c1-2-12(15)13-9-18(17-16-13)7-8-21(19,20)11-5-3-10(14)4-6-11/h3-6,9,12H,2,7-8H2,1H3. The quantitative estimate of drug-likeness (QED) is 0.708. The van der Waals surface area contributed by atoms with Gasteiger partial charge in [0, 0.05) is 10.7 Å². The molecule has 0 aliphatic rings. The molecule has 0 N–H and O–H groups in total. The molecule has 0 saturated carbocycles. The molecule has 0 fully saturated rings. The van der Waals surface area contributed by atoms with Gasteiger partial charge in [-0.05, 0) is 30.7 Å². The highest BCUT2D eigenvalue weighted by Crippen LogP contribution is 2.21. The van der Waals surface area contributed by atoms with Gasteiger partial charge in [0.25, 0.3) is 0 Å². The Morgan fingerprint density at radius 2 is 2.00 bits per heavy atom. The minimum absolute atomic E-state index is 0.0312. The molecule has 0 saturated heterocycles. The van der Waals surface area contributed by atoms with Gasteiger partial charge >= 0.3 is 0 Å². The SMILES string of the molecule is CCC(Cl)c1cn(CCS(=O)(=O)c2ccc(Br)cc2)nn1. The monoisotopic (exact) mass is 391 g/mol. The van der Waals surface area contributed by atoms with Gasteiger partial charge in [-0.25, -0.2) is 8.42 Å². The predicted octanol–water partition coefficient (Wildman–Crippen LogP) is 3.20. The number of benzene rings is 1. The lowest BCUT2D eigenvalue weighted by Crippen LogP contribution is -2.13. The summed E-state index contributed by atoms with van der Waals surface area (Å²) in [5, 5.41) is 7.67. The van der Waals surface area contributed by atoms with E-state index in [1.165, 1.54) is 4.68 Å². The van der Waals surface area contributed by atoms with Crippen LogP contribution in [0.3, 0.4) is 0 Å². The highest BCUT2D eigenvalue weighted by Gasteiger charge is 2.16. The second kappa shape index (κ2) is 6.89. The Morgan fingerprint density at radius 3 is 2.62 bits per heavy atom. The molecule has 0 aliphatic heterocycles. The molecule has 0 radical (unpaired) electrons. The molecule has 0 bridgehead atoms. The molecule has 8 heteroatoms. The van der Waals surface area contributed by atoms with Crippen molar-refractivity contribution in [2.45, 2.75) is 30.2 Å². The van der Waals surface area contributed by atoms with Gasteiger partial charge < -0.3 is 0 Å². The van der Waals surface area contributed by atoms with Crippen LogP contribution in [0.4, 0.5) is 0 Å². The largest absolute Gasteiger partial charge is 0.251 e. The van der Waals surface area contributed by atoms with Crippen LogP contribution in [0.1, 0.15) is 24.4 Å². The average molecular weight is 393 g/mol. The summed E-state index contributed by atoms with van der Waals surface area (Å²) in [5.74, 6) is -0.0312. The number of halogens is 2. The molecule has 2 rings (SSSR count). The number of nitrogens with zero attached hydrogens (tertiary/aromatic N) is 3. The summed E-state index contributed by atoms with van der Waals surface area (Å²) in [6.07, 6.45) is 2.44. The second-order valence-electron chi connectivity index (χ2n) is 4.56. The van der Waals surface area contributed by atoms with Crippen molar-refractivity contribution in [1.82, 2.24) is 15.0 Å². The van der Waals surface area contributed by atoms with Crippen LogP contribution in [0.5, 0.6) is 0 Å². The van der Waals surface area contributed by atoms with E-state index in [1.807, 2.05) is 6.92 Å². The minimum atomic E-state index is -3.33. The van der Waals surface area contributed by atoms with E-state index in [4.69, 9.17) is 11.6 Å². The highest BCUT2D eigenvalue weighted by molar-refractivity contribution is 9.10. The maximum atomic E-state index is 12.2. The molecule has 0 amide bonds. The van der Waals surface area contributed by atoms with Crippen LogP contribution in [0.25, 0.3) is 0 Å². The third kappa shape index (κ3) is 4.28. The van der Waals surface area contributed by atoms with Gasteiger partial charge in [-0.15, -0.1) is 16.7 Å². The Kier molecular flexibility index (Phi) is 5.40. The highest BCUT2D eigenvalue weighted by atomic mass is 79.9. The zero-order chi connectivity index (χ0) is 15.5. The van der Waals surface area contributed by atoms with Gasteiger partial charge in [0.1, 0.15) is 5.69 Å². The van der Waals surface area contributed by atoms with Crippen molar-refractivity contribution < 1.29 is 8.42 Å². The number of hydrogen-bond donors (Lipinski definition) is 0. The molecule has 1 aromatic carbocycles. The zero-order valence-corrected chi connectivity index (χ0v) is 14.6. The molecular formula is C13H15BrClN3O2S. The van der Waals surface area contributed by atoms with Crippen LogP contribution < -0.4 is 0 Å². The number of sulfone groups is 1. The van der Waals surface area contributed by atoms with Gasteiger partial charge in [0.2, 0.25) is 0 Å². The second-order valence-corrected chi connectivity index (χ2v) is 8.11.